The van der Waals surface area contributed by atoms with Crippen molar-refractivity contribution in [3.8, 4) is 6.07 Å². The van der Waals surface area contributed by atoms with Crippen LogP contribution in [0.25, 0.3) is 0 Å². The molecule has 0 saturated heterocycles. The highest BCUT2D eigenvalue weighted by molar-refractivity contribution is 8.04. The summed E-state index contributed by atoms with van der Waals surface area (Å²) in [5.74, 6) is -1.30. The largest absolute Gasteiger partial charge is 0.346 e. The van der Waals surface area contributed by atoms with Crippen LogP contribution in [0.3, 0.4) is 0 Å². The van der Waals surface area contributed by atoms with Gasteiger partial charge in [-0.15, -0.1) is 11.8 Å². The molecule has 1 N–H and O–H groups in total. The zero-order chi connectivity index (χ0) is 22.4. The number of nitrogens with one attached hydrogen (secondary N) is 1. The molecule has 0 saturated carbocycles. The topological polar surface area (TPSA) is 70.0 Å². The third-order valence-corrected chi connectivity index (χ3v) is 7.41. The molecule has 0 fully saturated rings. The number of halogens is 3. The molecule has 0 atom stereocenters. The molecule has 0 aromatic heterocycles. The minimum absolute atomic E-state index is 0.0272. The van der Waals surface area contributed by atoms with E-state index in [1.807, 2.05) is 0 Å². The van der Waals surface area contributed by atoms with E-state index >= 15 is 0 Å². The summed E-state index contributed by atoms with van der Waals surface area (Å²) in [6, 6.07) is 18.9. The average molecular weight is 477 g/mol. The monoisotopic (exact) mass is 476 g/mol. The standard InChI is InChI=1S/C22H15ClF2N2O2S2/c23-17-9-6-11-18(24)16(17)14-30-22(27-20-12-5-4-10-19(20)25)21(13-26)31(28,29)15-7-2-1-3-8-15/h1-12,27H,14H2. The molecular formula is C22H15ClF2N2O2S2. The number of benzene rings is 3. The minimum Gasteiger partial charge on any atom is -0.346 e. The van der Waals surface area contributed by atoms with Gasteiger partial charge < -0.3 is 5.32 Å². The lowest BCUT2D eigenvalue weighted by Gasteiger charge is -2.15. The molecule has 9 heteroatoms. The van der Waals surface area contributed by atoms with E-state index in [4.69, 9.17) is 11.6 Å². The Hall–Kier alpha value is -2.86. The summed E-state index contributed by atoms with van der Waals surface area (Å²) < 4.78 is 54.6. The van der Waals surface area contributed by atoms with Crippen LogP contribution in [0.1, 0.15) is 5.56 Å². The van der Waals surface area contributed by atoms with E-state index in [0.29, 0.717) is 0 Å². The number of anilines is 1. The number of nitriles is 1. The fourth-order valence-electron chi connectivity index (χ4n) is 2.61. The van der Waals surface area contributed by atoms with Crippen LogP contribution in [0.5, 0.6) is 0 Å². The van der Waals surface area contributed by atoms with Gasteiger partial charge in [-0.3, -0.25) is 0 Å². The Morgan fingerprint density at radius 3 is 2.26 bits per heavy atom. The number of hydrogen-bond donors (Lipinski definition) is 1. The molecule has 158 valence electrons. The van der Waals surface area contributed by atoms with Gasteiger partial charge in [0.05, 0.1) is 10.6 Å². The molecule has 0 aliphatic carbocycles. The van der Waals surface area contributed by atoms with E-state index in [1.54, 1.807) is 18.2 Å². The van der Waals surface area contributed by atoms with E-state index < -0.39 is 26.4 Å². The zero-order valence-corrected chi connectivity index (χ0v) is 18.2. The van der Waals surface area contributed by atoms with Crippen LogP contribution in [0, 0.1) is 23.0 Å². The Labute approximate surface area is 188 Å². The van der Waals surface area contributed by atoms with Gasteiger partial charge in [0, 0.05) is 16.3 Å². The van der Waals surface area contributed by atoms with Crippen molar-refractivity contribution in [2.75, 3.05) is 5.32 Å². The van der Waals surface area contributed by atoms with Crippen LogP contribution in [0.2, 0.25) is 5.02 Å². The molecule has 0 aliphatic rings. The summed E-state index contributed by atoms with van der Waals surface area (Å²) >= 11 is 6.90. The Morgan fingerprint density at radius 2 is 1.61 bits per heavy atom. The van der Waals surface area contributed by atoms with Crippen molar-refractivity contribution in [1.29, 1.82) is 5.26 Å². The first-order valence-corrected chi connectivity index (χ1v) is 11.7. The number of para-hydroxylation sites is 1. The number of allylic oxidation sites excluding steroid dienone is 1. The number of sulfone groups is 1. The number of nitrogens with zero attached hydrogens (tertiary/aromatic N) is 1. The lowest BCUT2D eigenvalue weighted by Crippen LogP contribution is -2.11. The predicted molar refractivity (Wildman–Crippen MR) is 119 cm³/mol. The van der Waals surface area contributed by atoms with Gasteiger partial charge in [0.15, 0.2) is 4.91 Å². The molecule has 0 bridgehead atoms. The van der Waals surface area contributed by atoms with Crippen molar-refractivity contribution in [1.82, 2.24) is 0 Å². The second-order valence-electron chi connectivity index (χ2n) is 6.18. The number of rotatable bonds is 7. The van der Waals surface area contributed by atoms with Crippen molar-refractivity contribution in [3.05, 3.63) is 105 Å². The van der Waals surface area contributed by atoms with Crippen LogP contribution in [0.15, 0.2) is 87.6 Å². The molecule has 0 amide bonds. The summed E-state index contributed by atoms with van der Waals surface area (Å²) in [5, 5.41) is 12.4. The van der Waals surface area contributed by atoms with Crippen molar-refractivity contribution >= 4 is 38.9 Å². The van der Waals surface area contributed by atoms with Crippen molar-refractivity contribution in [3.63, 3.8) is 0 Å². The first-order chi connectivity index (χ1) is 14.8. The van der Waals surface area contributed by atoms with Gasteiger partial charge in [0.2, 0.25) is 9.84 Å². The second-order valence-corrected chi connectivity index (χ2v) is 9.46. The fourth-order valence-corrected chi connectivity index (χ4v) is 5.53. The van der Waals surface area contributed by atoms with Gasteiger partial charge >= 0.3 is 0 Å². The highest BCUT2D eigenvalue weighted by Crippen LogP contribution is 2.34. The Morgan fingerprint density at radius 1 is 0.968 bits per heavy atom. The quantitative estimate of drug-likeness (QED) is 0.415. The van der Waals surface area contributed by atoms with E-state index in [0.717, 1.165) is 11.8 Å². The lowest BCUT2D eigenvalue weighted by atomic mass is 10.2. The summed E-state index contributed by atoms with van der Waals surface area (Å²) in [6.45, 7) is 0. The number of hydrogen-bond acceptors (Lipinski definition) is 5. The molecule has 31 heavy (non-hydrogen) atoms. The molecule has 3 aromatic rings. The maximum atomic E-state index is 14.2. The first-order valence-electron chi connectivity index (χ1n) is 8.86. The predicted octanol–water partition coefficient (Wildman–Crippen LogP) is 6.13. The highest BCUT2D eigenvalue weighted by atomic mass is 35.5. The average Bonchev–Trinajstić information content (AvgIpc) is 2.75. The van der Waals surface area contributed by atoms with Crippen molar-refractivity contribution < 1.29 is 17.2 Å². The van der Waals surface area contributed by atoms with Crippen LogP contribution in [-0.2, 0) is 15.6 Å². The lowest BCUT2D eigenvalue weighted by molar-refractivity contribution is 0.603. The van der Waals surface area contributed by atoms with E-state index in [2.05, 4.69) is 5.32 Å². The summed E-state index contributed by atoms with van der Waals surface area (Å²) in [5.41, 5.74) is 0.108. The van der Waals surface area contributed by atoms with Gasteiger partial charge in [-0.1, -0.05) is 48.0 Å². The van der Waals surface area contributed by atoms with Gasteiger partial charge in [0.1, 0.15) is 22.7 Å². The molecule has 4 nitrogen and oxygen atoms in total. The van der Waals surface area contributed by atoms with Crippen LogP contribution >= 0.6 is 23.4 Å². The van der Waals surface area contributed by atoms with E-state index in [1.165, 1.54) is 60.7 Å². The Balaban J connectivity index is 2.09. The fraction of sp³-hybridized carbons (Fsp3) is 0.0455. The maximum absolute atomic E-state index is 14.2. The molecule has 0 spiro atoms. The SMILES string of the molecule is N#CC(=C(Nc1ccccc1F)SCc1c(F)cccc1Cl)S(=O)(=O)c1ccccc1. The zero-order valence-electron chi connectivity index (χ0n) is 15.8. The van der Waals surface area contributed by atoms with Crippen LogP contribution in [-0.4, -0.2) is 8.42 Å². The molecule has 0 radical (unpaired) electrons. The van der Waals surface area contributed by atoms with Gasteiger partial charge in [-0.05, 0) is 36.4 Å². The molecule has 0 heterocycles. The Bertz CT molecular complexity index is 1250. The molecule has 3 aromatic carbocycles. The van der Waals surface area contributed by atoms with E-state index in [-0.39, 0.29) is 32.0 Å². The van der Waals surface area contributed by atoms with Crippen LogP contribution < -0.4 is 5.32 Å². The highest BCUT2D eigenvalue weighted by Gasteiger charge is 2.26. The third-order valence-electron chi connectivity index (χ3n) is 4.17. The van der Waals surface area contributed by atoms with Gasteiger partial charge in [-0.25, -0.2) is 17.2 Å². The third kappa shape index (κ3) is 5.25. The van der Waals surface area contributed by atoms with E-state index in [9.17, 15) is 22.5 Å². The van der Waals surface area contributed by atoms with Gasteiger partial charge in [0.25, 0.3) is 0 Å². The first kappa shape index (κ1) is 22.8. The second kappa shape index (κ2) is 9.96. The maximum Gasteiger partial charge on any atom is 0.219 e. The Kier molecular flexibility index (Phi) is 7.33. The summed E-state index contributed by atoms with van der Waals surface area (Å²) in [7, 11) is -4.22. The molecular weight excluding hydrogens is 462 g/mol. The normalized spacial score (nSPS) is 12.1. The minimum atomic E-state index is -4.22. The van der Waals surface area contributed by atoms with Crippen molar-refractivity contribution in [2.24, 2.45) is 0 Å². The number of thioether (sulfide) groups is 1. The van der Waals surface area contributed by atoms with Gasteiger partial charge in [-0.2, -0.15) is 5.26 Å². The molecule has 0 aliphatic heterocycles. The molecule has 0 unspecified atom stereocenters. The summed E-state index contributed by atoms with van der Waals surface area (Å²) in [6.07, 6.45) is 0. The van der Waals surface area contributed by atoms with Crippen molar-refractivity contribution in [2.45, 2.75) is 10.6 Å². The van der Waals surface area contributed by atoms with Crippen LogP contribution in [0.4, 0.5) is 14.5 Å². The molecule has 3 rings (SSSR count). The smallest absolute Gasteiger partial charge is 0.219 e. The summed E-state index contributed by atoms with van der Waals surface area (Å²) in [4.78, 5) is -0.705.